The van der Waals surface area contributed by atoms with Gasteiger partial charge < -0.3 is 15.6 Å². The monoisotopic (exact) mass is 279 g/mol. The predicted molar refractivity (Wildman–Crippen MR) is 79.6 cm³/mol. The van der Waals surface area contributed by atoms with E-state index in [-0.39, 0.29) is 11.7 Å². The normalized spacial score (nSPS) is 23.4. The number of anilines is 2. The molecule has 2 rings (SSSR count). The Morgan fingerprint density at radius 2 is 2.15 bits per heavy atom. The van der Waals surface area contributed by atoms with Crippen molar-refractivity contribution in [2.24, 2.45) is 5.84 Å². The molecule has 0 saturated carbocycles. The van der Waals surface area contributed by atoms with Crippen molar-refractivity contribution >= 4 is 17.1 Å². The van der Waals surface area contributed by atoms with Gasteiger partial charge in [-0.05, 0) is 38.9 Å². The van der Waals surface area contributed by atoms with Crippen LogP contribution < -0.4 is 16.6 Å². The first-order valence-electron chi connectivity index (χ1n) is 6.73. The van der Waals surface area contributed by atoms with Gasteiger partial charge in [0.05, 0.1) is 4.92 Å². The molecule has 110 valence electrons. The molecule has 1 heterocycles. The second-order valence-electron chi connectivity index (χ2n) is 5.30. The summed E-state index contributed by atoms with van der Waals surface area (Å²) in [4.78, 5) is 13.1. The van der Waals surface area contributed by atoms with E-state index in [2.05, 4.69) is 29.6 Å². The van der Waals surface area contributed by atoms with E-state index in [0.717, 1.165) is 19.4 Å². The van der Waals surface area contributed by atoms with Crippen LogP contribution in [-0.4, -0.2) is 35.5 Å². The van der Waals surface area contributed by atoms with E-state index in [0.29, 0.717) is 17.4 Å². The number of likely N-dealkylation sites (tertiary alicyclic amines) is 1. The molecular formula is C13H21N5O2. The highest BCUT2D eigenvalue weighted by molar-refractivity contribution is 5.76. The molecule has 7 nitrogen and oxygen atoms in total. The van der Waals surface area contributed by atoms with E-state index < -0.39 is 4.92 Å². The van der Waals surface area contributed by atoms with Gasteiger partial charge >= 0.3 is 5.69 Å². The summed E-state index contributed by atoms with van der Waals surface area (Å²) >= 11 is 0. The minimum atomic E-state index is -0.407. The maximum Gasteiger partial charge on any atom is 0.316 e. The first-order valence-corrected chi connectivity index (χ1v) is 6.73. The van der Waals surface area contributed by atoms with E-state index in [9.17, 15) is 10.1 Å². The number of rotatable bonds is 4. The number of nitro benzene ring substituents is 1. The van der Waals surface area contributed by atoms with Crippen molar-refractivity contribution in [2.45, 2.75) is 31.8 Å². The molecule has 0 spiro atoms. The quantitative estimate of drug-likeness (QED) is 0.441. The minimum Gasteiger partial charge on any atom is -0.377 e. The summed E-state index contributed by atoms with van der Waals surface area (Å²) in [5.41, 5.74) is 3.22. The predicted octanol–water partition coefficient (Wildman–Crippen LogP) is 1.77. The maximum atomic E-state index is 11.2. The Morgan fingerprint density at radius 1 is 1.45 bits per heavy atom. The average Bonchev–Trinajstić information content (AvgIpc) is 2.42. The molecule has 0 aromatic heterocycles. The summed E-state index contributed by atoms with van der Waals surface area (Å²) < 4.78 is 0. The number of piperidine rings is 1. The molecule has 20 heavy (non-hydrogen) atoms. The lowest BCUT2D eigenvalue weighted by Gasteiger charge is -2.35. The number of nitrogens with two attached hydrogens (primary N) is 1. The molecule has 1 aliphatic rings. The first-order chi connectivity index (χ1) is 9.52. The smallest absolute Gasteiger partial charge is 0.316 e. The summed E-state index contributed by atoms with van der Waals surface area (Å²) in [6.45, 7) is 3.15. The number of hydrazine groups is 1. The molecule has 1 aliphatic heterocycles. The zero-order valence-corrected chi connectivity index (χ0v) is 11.8. The summed E-state index contributed by atoms with van der Waals surface area (Å²) in [5, 5.41) is 14.5. The van der Waals surface area contributed by atoms with Crippen LogP contribution in [-0.2, 0) is 0 Å². The van der Waals surface area contributed by atoms with Gasteiger partial charge in [-0.3, -0.25) is 16.0 Å². The zero-order chi connectivity index (χ0) is 14.7. The summed E-state index contributed by atoms with van der Waals surface area (Å²) in [5.74, 6) is 5.34. The van der Waals surface area contributed by atoms with Gasteiger partial charge in [0.15, 0.2) is 0 Å². The third-order valence-corrected chi connectivity index (χ3v) is 3.94. The number of nitrogens with one attached hydrogen (secondary N) is 2. The van der Waals surface area contributed by atoms with E-state index >= 15 is 0 Å². The van der Waals surface area contributed by atoms with Crippen molar-refractivity contribution in [3.8, 4) is 0 Å². The highest BCUT2D eigenvalue weighted by atomic mass is 16.6. The lowest BCUT2D eigenvalue weighted by Crippen LogP contribution is -2.42. The molecule has 0 radical (unpaired) electrons. The summed E-state index contributed by atoms with van der Waals surface area (Å²) in [7, 11) is 2.10. The Kier molecular flexibility index (Phi) is 4.41. The van der Waals surface area contributed by atoms with Crippen LogP contribution in [0.3, 0.4) is 0 Å². The van der Waals surface area contributed by atoms with E-state index in [1.807, 2.05) is 0 Å². The molecule has 7 heteroatoms. The maximum absolute atomic E-state index is 11.2. The van der Waals surface area contributed by atoms with Crippen LogP contribution in [0.1, 0.15) is 19.8 Å². The van der Waals surface area contributed by atoms with Crippen molar-refractivity contribution in [1.82, 2.24) is 4.90 Å². The molecule has 2 atom stereocenters. The SMILES string of the molecule is CC1CC(Nc2cccc(NN)c2[N+](=O)[O-])CCN1C. The van der Waals surface area contributed by atoms with Crippen LogP contribution >= 0.6 is 0 Å². The second-order valence-corrected chi connectivity index (χ2v) is 5.30. The van der Waals surface area contributed by atoms with Gasteiger partial charge in [0.2, 0.25) is 0 Å². The van der Waals surface area contributed by atoms with Crippen LogP contribution in [0.2, 0.25) is 0 Å². The minimum absolute atomic E-state index is 0.00146. The fourth-order valence-corrected chi connectivity index (χ4v) is 2.61. The number of hydrogen-bond donors (Lipinski definition) is 3. The number of nitrogens with zero attached hydrogens (tertiary/aromatic N) is 2. The molecule has 0 bridgehead atoms. The zero-order valence-electron chi connectivity index (χ0n) is 11.8. The van der Waals surface area contributed by atoms with E-state index in [4.69, 9.17) is 5.84 Å². The lowest BCUT2D eigenvalue weighted by molar-refractivity contribution is -0.383. The highest BCUT2D eigenvalue weighted by Crippen LogP contribution is 2.33. The van der Waals surface area contributed by atoms with Crippen molar-refractivity contribution in [3.63, 3.8) is 0 Å². The van der Waals surface area contributed by atoms with Gasteiger partial charge in [-0.15, -0.1) is 0 Å². The molecule has 0 amide bonds. The largest absolute Gasteiger partial charge is 0.377 e. The number of benzene rings is 1. The fourth-order valence-electron chi connectivity index (χ4n) is 2.61. The highest BCUT2D eigenvalue weighted by Gasteiger charge is 2.26. The average molecular weight is 279 g/mol. The molecular weight excluding hydrogens is 258 g/mol. The Bertz CT molecular complexity index is 494. The van der Waals surface area contributed by atoms with Gasteiger partial charge in [0.1, 0.15) is 11.4 Å². The third-order valence-electron chi connectivity index (χ3n) is 3.94. The Morgan fingerprint density at radius 3 is 2.75 bits per heavy atom. The van der Waals surface area contributed by atoms with Gasteiger partial charge in [-0.1, -0.05) is 6.07 Å². The number of nitrogen functional groups attached to an aromatic ring is 1. The fraction of sp³-hybridized carbons (Fsp3) is 0.538. The summed E-state index contributed by atoms with van der Waals surface area (Å²) in [6.07, 6.45) is 1.94. The Balaban J connectivity index is 2.19. The Labute approximate surface area is 118 Å². The van der Waals surface area contributed by atoms with Gasteiger partial charge in [0, 0.05) is 18.6 Å². The lowest BCUT2D eigenvalue weighted by atomic mass is 9.98. The van der Waals surface area contributed by atoms with Crippen molar-refractivity contribution in [3.05, 3.63) is 28.3 Å². The molecule has 4 N–H and O–H groups in total. The first kappa shape index (κ1) is 14.5. The van der Waals surface area contributed by atoms with Gasteiger partial charge in [-0.2, -0.15) is 0 Å². The van der Waals surface area contributed by atoms with Crippen molar-refractivity contribution < 1.29 is 4.92 Å². The standard InChI is InChI=1S/C13H21N5O2/c1-9-8-10(6-7-17(9)2)15-11-4-3-5-12(16-14)13(11)18(19)20/h3-5,9-10,15-16H,6-8,14H2,1-2H3. The number of para-hydroxylation sites is 1. The van der Waals surface area contributed by atoms with Crippen LogP contribution in [0, 0.1) is 10.1 Å². The molecule has 0 aliphatic carbocycles. The van der Waals surface area contributed by atoms with E-state index in [1.165, 1.54) is 0 Å². The third kappa shape index (κ3) is 3.00. The molecule has 2 unspecified atom stereocenters. The van der Waals surface area contributed by atoms with Crippen LogP contribution in [0.25, 0.3) is 0 Å². The second kappa shape index (κ2) is 6.06. The van der Waals surface area contributed by atoms with Gasteiger partial charge in [-0.25, -0.2) is 0 Å². The summed E-state index contributed by atoms with van der Waals surface area (Å²) in [6, 6.07) is 5.79. The Hall–Kier alpha value is -1.86. The van der Waals surface area contributed by atoms with Crippen LogP contribution in [0.15, 0.2) is 18.2 Å². The molecule has 1 saturated heterocycles. The van der Waals surface area contributed by atoms with Crippen molar-refractivity contribution in [1.29, 1.82) is 0 Å². The molecule has 1 aromatic carbocycles. The molecule has 1 fully saturated rings. The van der Waals surface area contributed by atoms with Crippen molar-refractivity contribution in [2.75, 3.05) is 24.3 Å². The van der Waals surface area contributed by atoms with Crippen LogP contribution in [0.4, 0.5) is 17.1 Å². The number of nitro groups is 1. The molecule has 1 aromatic rings. The van der Waals surface area contributed by atoms with E-state index in [1.54, 1.807) is 18.2 Å². The van der Waals surface area contributed by atoms with Crippen LogP contribution in [0.5, 0.6) is 0 Å². The topological polar surface area (TPSA) is 96.5 Å². The number of hydrogen-bond acceptors (Lipinski definition) is 6. The van der Waals surface area contributed by atoms with Gasteiger partial charge in [0.25, 0.3) is 0 Å².